The van der Waals surface area contributed by atoms with E-state index < -0.39 is 5.82 Å². The number of carbonyl (C=O) groups excluding carboxylic acids is 1. The average Bonchev–Trinajstić information content (AvgIpc) is 2.57. The molecule has 120 valence electrons. The number of anilines is 2. The van der Waals surface area contributed by atoms with Crippen molar-refractivity contribution in [2.24, 2.45) is 0 Å². The first kappa shape index (κ1) is 15.3. The maximum atomic E-state index is 13.7. The molecule has 3 rings (SSSR count). The van der Waals surface area contributed by atoms with Crippen LogP contribution >= 0.6 is 0 Å². The van der Waals surface area contributed by atoms with E-state index >= 15 is 0 Å². The number of nitrogen functional groups attached to an aromatic ring is 1. The van der Waals surface area contributed by atoms with Gasteiger partial charge in [-0.15, -0.1) is 0 Å². The van der Waals surface area contributed by atoms with E-state index in [1.54, 1.807) is 17.0 Å². The molecule has 1 amide bonds. The Bertz CT molecular complexity index is 724. The number of aryl methyl sites for hydroxylation is 1. The van der Waals surface area contributed by atoms with Crippen LogP contribution in [0.3, 0.4) is 0 Å². The van der Waals surface area contributed by atoms with Crippen LogP contribution in [-0.2, 0) is 0 Å². The lowest BCUT2D eigenvalue weighted by atomic mass is 10.1. The second-order valence-electron chi connectivity index (χ2n) is 5.80. The van der Waals surface area contributed by atoms with E-state index in [2.05, 4.69) is 4.90 Å². The number of hydrogen-bond acceptors (Lipinski definition) is 3. The Morgan fingerprint density at radius 3 is 2.43 bits per heavy atom. The van der Waals surface area contributed by atoms with Crippen LogP contribution in [0.1, 0.15) is 15.9 Å². The van der Waals surface area contributed by atoms with Crippen molar-refractivity contribution in [2.75, 3.05) is 36.8 Å². The monoisotopic (exact) mass is 313 g/mol. The van der Waals surface area contributed by atoms with E-state index in [0.29, 0.717) is 26.2 Å². The quantitative estimate of drug-likeness (QED) is 0.867. The SMILES string of the molecule is Cc1ccc(N2CCN(C(=O)c3ccccc3F)CC2)cc1N. The van der Waals surface area contributed by atoms with E-state index in [4.69, 9.17) is 5.73 Å². The standard InChI is InChI=1S/C18H20FN3O/c1-13-6-7-14(12-17(13)20)21-8-10-22(11-9-21)18(23)15-4-2-3-5-16(15)19/h2-7,12H,8-11,20H2,1H3. The zero-order valence-corrected chi connectivity index (χ0v) is 13.1. The minimum Gasteiger partial charge on any atom is -0.398 e. The third-order valence-electron chi connectivity index (χ3n) is 4.30. The topological polar surface area (TPSA) is 49.6 Å². The van der Waals surface area contributed by atoms with Gasteiger partial charge in [-0.2, -0.15) is 0 Å². The van der Waals surface area contributed by atoms with Crippen LogP contribution < -0.4 is 10.6 Å². The van der Waals surface area contributed by atoms with E-state index in [1.807, 2.05) is 25.1 Å². The molecule has 0 aromatic heterocycles. The van der Waals surface area contributed by atoms with Gasteiger partial charge in [0.2, 0.25) is 0 Å². The number of benzene rings is 2. The van der Waals surface area contributed by atoms with Crippen molar-refractivity contribution in [1.82, 2.24) is 4.90 Å². The largest absolute Gasteiger partial charge is 0.398 e. The van der Waals surface area contributed by atoms with Gasteiger partial charge >= 0.3 is 0 Å². The van der Waals surface area contributed by atoms with Crippen molar-refractivity contribution in [3.05, 3.63) is 59.4 Å². The molecule has 1 aliphatic rings. The summed E-state index contributed by atoms with van der Waals surface area (Å²) < 4.78 is 13.7. The highest BCUT2D eigenvalue weighted by atomic mass is 19.1. The third-order valence-corrected chi connectivity index (χ3v) is 4.30. The van der Waals surface area contributed by atoms with E-state index in [-0.39, 0.29) is 11.5 Å². The molecule has 0 spiro atoms. The van der Waals surface area contributed by atoms with E-state index in [0.717, 1.165) is 16.9 Å². The van der Waals surface area contributed by atoms with E-state index in [9.17, 15) is 9.18 Å². The highest BCUT2D eigenvalue weighted by Crippen LogP contribution is 2.22. The Morgan fingerprint density at radius 2 is 1.78 bits per heavy atom. The van der Waals surface area contributed by atoms with Gasteiger partial charge in [0.1, 0.15) is 5.82 Å². The number of carbonyl (C=O) groups is 1. The fourth-order valence-corrected chi connectivity index (χ4v) is 2.80. The molecular weight excluding hydrogens is 293 g/mol. The summed E-state index contributed by atoms with van der Waals surface area (Å²) >= 11 is 0. The van der Waals surface area contributed by atoms with Gasteiger partial charge in [0.05, 0.1) is 5.56 Å². The molecule has 1 fully saturated rings. The van der Waals surface area contributed by atoms with Crippen molar-refractivity contribution in [1.29, 1.82) is 0 Å². The molecule has 2 aromatic rings. The molecule has 1 saturated heterocycles. The lowest BCUT2D eigenvalue weighted by molar-refractivity contribution is 0.0742. The molecule has 0 bridgehead atoms. The summed E-state index contributed by atoms with van der Waals surface area (Å²) in [6, 6.07) is 12.1. The van der Waals surface area contributed by atoms with Crippen LogP contribution in [0.15, 0.2) is 42.5 Å². The Labute approximate surface area is 135 Å². The second-order valence-corrected chi connectivity index (χ2v) is 5.80. The van der Waals surface area contributed by atoms with Gasteiger partial charge in [0.25, 0.3) is 5.91 Å². The molecular formula is C18H20FN3O. The number of piperazine rings is 1. The molecule has 2 aromatic carbocycles. The molecule has 1 aliphatic heterocycles. The van der Waals surface area contributed by atoms with Crippen molar-refractivity contribution in [3.63, 3.8) is 0 Å². The highest BCUT2D eigenvalue weighted by Gasteiger charge is 2.24. The van der Waals surface area contributed by atoms with Crippen molar-refractivity contribution < 1.29 is 9.18 Å². The minimum atomic E-state index is -0.466. The van der Waals surface area contributed by atoms with Crippen LogP contribution in [0.4, 0.5) is 15.8 Å². The Balaban J connectivity index is 1.67. The van der Waals surface area contributed by atoms with Gasteiger partial charge in [0.15, 0.2) is 0 Å². The number of halogens is 1. The maximum Gasteiger partial charge on any atom is 0.256 e. The van der Waals surface area contributed by atoms with Gasteiger partial charge in [-0.1, -0.05) is 18.2 Å². The summed E-state index contributed by atoms with van der Waals surface area (Å²) in [5, 5.41) is 0. The van der Waals surface area contributed by atoms with Crippen LogP contribution in [0.5, 0.6) is 0 Å². The van der Waals surface area contributed by atoms with Gasteiger partial charge in [-0.05, 0) is 36.8 Å². The van der Waals surface area contributed by atoms with Crippen molar-refractivity contribution in [3.8, 4) is 0 Å². The van der Waals surface area contributed by atoms with Crippen LogP contribution in [0.25, 0.3) is 0 Å². The summed E-state index contributed by atoms with van der Waals surface area (Å²) in [7, 11) is 0. The molecule has 0 radical (unpaired) electrons. The minimum absolute atomic E-state index is 0.139. The number of hydrogen-bond donors (Lipinski definition) is 1. The van der Waals surface area contributed by atoms with Crippen LogP contribution in [-0.4, -0.2) is 37.0 Å². The van der Waals surface area contributed by atoms with E-state index in [1.165, 1.54) is 12.1 Å². The molecule has 0 aliphatic carbocycles. The predicted molar refractivity (Wildman–Crippen MR) is 90.1 cm³/mol. The smallest absolute Gasteiger partial charge is 0.256 e. The average molecular weight is 313 g/mol. The number of amides is 1. The highest BCUT2D eigenvalue weighted by molar-refractivity contribution is 5.94. The van der Waals surface area contributed by atoms with Gasteiger partial charge in [-0.3, -0.25) is 4.79 Å². The predicted octanol–water partition coefficient (Wildman–Crippen LogP) is 2.68. The van der Waals surface area contributed by atoms with Crippen LogP contribution in [0, 0.1) is 12.7 Å². The fraction of sp³-hybridized carbons (Fsp3) is 0.278. The number of nitrogens with two attached hydrogens (primary N) is 1. The van der Waals surface area contributed by atoms with Crippen LogP contribution in [0.2, 0.25) is 0 Å². The first-order valence-corrected chi connectivity index (χ1v) is 7.71. The second kappa shape index (κ2) is 6.28. The molecule has 0 atom stereocenters. The summed E-state index contributed by atoms with van der Waals surface area (Å²) in [6.45, 7) is 4.54. The molecule has 0 saturated carbocycles. The maximum absolute atomic E-state index is 13.7. The fourth-order valence-electron chi connectivity index (χ4n) is 2.80. The Morgan fingerprint density at radius 1 is 1.09 bits per heavy atom. The van der Waals surface area contributed by atoms with Gasteiger partial charge < -0.3 is 15.5 Å². The lowest BCUT2D eigenvalue weighted by Gasteiger charge is -2.36. The van der Waals surface area contributed by atoms with Gasteiger partial charge in [0, 0.05) is 37.6 Å². The zero-order valence-electron chi connectivity index (χ0n) is 13.1. The molecule has 2 N–H and O–H groups in total. The summed E-state index contributed by atoms with van der Waals surface area (Å²) in [4.78, 5) is 16.3. The zero-order chi connectivity index (χ0) is 16.4. The summed E-state index contributed by atoms with van der Waals surface area (Å²) in [5.41, 5.74) is 8.99. The Kier molecular flexibility index (Phi) is 4.19. The summed E-state index contributed by atoms with van der Waals surface area (Å²) in [5.74, 6) is -0.711. The number of rotatable bonds is 2. The third kappa shape index (κ3) is 3.13. The first-order valence-electron chi connectivity index (χ1n) is 7.71. The molecule has 23 heavy (non-hydrogen) atoms. The molecule has 5 heteroatoms. The molecule has 1 heterocycles. The Hall–Kier alpha value is -2.56. The molecule has 0 unspecified atom stereocenters. The van der Waals surface area contributed by atoms with Gasteiger partial charge in [-0.25, -0.2) is 4.39 Å². The summed E-state index contributed by atoms with van der Waals surface area (Å²) in [6.07, 6.45) is 0. The number of nitrogens with zero attached hydrogens (tertiary/aromatic N) is 2. The normalized spacial score (nSPS) is 14.9. The van der Waals surface area contributed by atoms with Crippen molar-refractivity contribution in [2.45, 2.75) is 6.92 Å². The molecule has 4 nitrogen and oxygen atoms in total. The van der Waals surface area contributed by atoms with Crippen molar-refractivity contribution >= 4 is 17.3 Å². The first-order chi connectivity index (χ1) is 11.1. The lowest BCUT2D eigenvalue weighted by Crippen LogP contribution is -2.49.